The molecule has 0 fully saturated rings. The average molecular weight is 349 g/mol. The van der Waals surface area contributed by atoms with Crippen LogP contribution in [0.25, 0.3) is 0 Å². The van der Waals surface area contributed by atoms with Gasteiger partial charge in [-0.2, -0.15) is 0 Å². The van der Waals surface area contributed by atoms with Gasteiger partial charge in [0.2, 0.25) is 5.91 Å². The van der Waals surface area contributed by atoms with E-state index < -0.39 is 5.41 Å². The highest BCUT2D eigenvalue weighted by Crippen LogP contribution is 2.29. The maximum Gasteiger partial charge on any atom is 0.238 e. The normalized spacial score (nSPS) is 14.8. The third kappa shape index (κ3) is 3.39. The molecule has 0 aliphatic heterocycles. The maximum atomic E-state index is 12.3. The zero-order valence-corrected chi connectivity index (χ0v) is 12.9. The number of amidine groups is 1. The molecule has 7 heteroatoms. The predicted molar refractivity (Wildman–Crippen MR) is 79.6 cm³/mol. The van der Waals surface area contributed by atoms with Crippen LogP contribution in [-0.4, -0.2) is 17.0 Å². The van der Waals surface area contributed by atoms with Gasteiger partial charge in [0.1, 0.15) is 5.41 Å². The molecule has 104 valence electrons. The van der Waals surface area contributed by atoms with Crippen LogP contribution < -0.4 is 11.1 Å². The summed E-state index contributed by atoms with van der Waals surface area (Å²) in [6, 6.07) is 5.11. The minimum Gasteiger partial charge on any atom is -0.409 e. The predicted octanol–water partition coefficient (Wildman–Crippen LogP) is 3.20. The fourth-order valence-electron chi connectivity index (χ4n) is 1.42. The molecule has 1 aromatic rings. The molecule has 0 bridgehead atoms. The van der Waals surface area contributed by atoms with E-state index in [2.05, 4.69) is 26.4 Å². The van der Waals surface area contributed by atoms with Crippen molar-refractivity contribution in [2.24, 2.45) is 16.3 Å². The Labute approximate surface area is 124 Å². The Morgan fingerprint density at radius 2 is 2.26 bits per heavy atom. The Kier molecular flexibility index (Phi) is 5.20. The zero-order valence-electron chi connectivity index (χ0n) is 10.6. The van der Waals surface area contributed by atoms with E-state index >= 15 is 0 Å². The van der Waals surface area contributed by atoms with E-state index in [0.29, 0.717) is 17.1 Å². The number of carbonyl (C=O) groups is 1. The minimum absolute atomic E-state index is 0.140. The molecular weight excluding hydrogens is 334 g/mol. The van der Waals surface area contributed by atoms with Crippen LogP contribution in [0.3, 0.4) is 0 Å². The molecular formula is C12H15BrClN3O2. The molecule has 1 unspecified atom stereocenters. The van der Waals surface area contributed by atoms with Crippen molar-refractivity contribution in [2.45, 2.75) is 20.3 Å². The van der Waals surface area contributed by atoms with Crippen LogP contribution in [0.5, 0.6) is 0 Å². The van der Waals surface area contributed by atoms with E-state index in [0.717, 1.165) is 4.47 Å². The van der Waals surface area contributed by atoms with Gasteiger partial charge in [0, 0.05) is 4.47 Å². The van der Waals surface area contributed by atoms with Crippen molar-refractivity contribution in [3.8, 4) is 0 Å². The van der Waals surface area contributed by atoms with Crippen LogP contribution in [0.4, 0.5) is 5.69 Å². The summed E-state index contributed by atoms with van der Waals surface area (Å²) in [7, 11) is 0. The van der Waals surface area contributed by atoms with Crippen molar-refractivity contribution >= 4 is 45.0 Å². The minimum atomic E-state index is -1.10. The van der Waals surface area contributed by atoms with Crippen LogP contribution in [0, 0.1) is 5.41 Å². The second-order valence-corrected chi connectivity index (χ2v) is 5.57. The summed E-state index contributed by atoms with van der Waals surface area (Å²) in [6.07, 6.45) is 0.389. The van der Waals surface area contributed by atoms with E-state index in [1.165, 1.54) is 0 Å². The Hall–Kier alpha value is -1.27. The molecule has 0 aromatic heterocycles. The van der Waals surface area contributed by atoms with Crippen LogP contribution in [0.1, 0.15) is 20.3 Å². The highest BCUT2D eigenvalue weighted by molar-refractivity contribution is 9.10. The first kappa shape index (κ1) is 15.8. The number of hydrogen-bond donors (Lipinski definition) is 3. The average Bonchev–Trinajstić information content (AvgIpc) is 2.40. The monoisotopic (exact) mass is 347 g/mol. The van der Waals surface area contributed by atoms with Crippen LogP contribution in [0.2, 0.25) is 5.02 Å². The van der Waals surface area contributed by atoms with Crippen molar-refractivity contribution in [3.05, 3.63) is 27.7 Å². The van der Waals surface area contributed by atoms with Crippen molar-refractivity contribution in [3.63, 3.8) is 0 Å². The van der Waals surface area contributed by atoms with E-state index in [-0.39, 0.29) is 11.7 Å². The van der Waals surface area contributed by atoms with Gasteiger partial charge in [-0.3, -0.25) is 4.79 Å². The molecule has 0 heterocycles. The van der Waals surface area contributed by atoms with Gasteiger partial charge >= 0.3 is 0 Å². The van der Waals surface area contributed by atoms with Gasteiger partial charge in [0.25, 0.3) is 0 Å². The first-order valence-corrected chi connectivity index (χ1v) is 6.76. The van der Waals surface area contributed by atoms with E-state index in [1.807, 2.05) is 0 Å². The number of anilines is 1. The number of nitrogens with zero attached hydrogens (tertiary/aromatic N) is 1. The highest BCUT2D eigenvalue weighted by Gasteiger charge is 2.36. The Balaban J connectivity index is 3.04. The second kappa shape index (κ2) is 6.25. The van der Waals surface area contributed by atoms with E-state index in [1.54, 1.807) is 32.0 Å². The molecule has 0 spiro atoms. The Morgan fingerprint density at radius 3 is 2.79 bits per heavy atom. The van der Waals surface area contributed by atoms with Crippen LogP contribution in [0.15, 0.2) is 27.8 Å². The lowest BCUT2D eigenvalue weighted by Crippen LogP contribution is -2.44. The molecule has 0 aliphatic carbocycles. The molecule has 1 rings (SSSR count). The largest absolute Gasteiger partial charge is 0.409 e. The number of oxime groups is 1. The summed E-state index contributed by atoms with van der Waals surface area (Å²) in [6.45, 7) is 3.38. The molecule has 0 radical (unpaired) electrons. The number of benzene rings is 1. The van der Waals surface area contributed by atoms with Crippen molar-refractivity contribution < 1.29 is 10.0 Å². The van der Waals surface area contributed by atoms with Gasteiger partial charge in [-0.1, -0.05) is 39.6 Å². The molecule has 19 heavy (non-hydrogen) atoms. The molecule has 5 nitrogen and oxygen atoms in total. The molecule has 1 aromatic carbocycles. The van der Waals surface area contributed by atoms with Gasteiger partial charge in [0.15, 0.2) is 5.84 Å². The smallest absolute Gasteiger partial charge is 0.238 e. The van der Waals surface area contributed by atoms with Crippen molar-refractivity contribution in [1.29, 1.82) is 0 Å². The fourth-order valence-corrected chi connectivity index (χ4v) is 1.95. The second-order valence-electron chi connectivity index (χ2n) is 4.25. The summed E-state index contributed by atoms with van der Waals surface area (Å²) in [5.41, 5.74) is 4.95. The number of halogens is 2. The number of rotatable bonds is 4. The van der Waals surface area contributed by atoms with Gasteiger partial charge < -0.3 is 16.3 Å². The van der Waals surface area contributed by atoms with Gasteiger partial charge in [-0.25, -0.2) is 0 Å². The Bertz CT molecular complexity index is 522. The van der Waals surface area contributed by atoms with Crippen LogP contribution >= 0.6 is 27.5 Å². The Morgan fingerprint density at radius 1 is 1.63 bits per heavy atom. The highest BCUT2D eigenvalue weighted by atomic mass is 79.9. The maximum absolute atomic E-state index is 12.3. The van der Waals surface area contributed by atoms with Crippen molar-refractivity contribution in [2.75, 3.05) is 5.32 Å². The lowest BCUT2D eigenvalue weighted by Gasteiger charge is -2.25. The molecule has 0 saturated carbocycles. The van der Waals surface area contributed by atoms with Gasteiger partial charge in [-0.15, -0.1) is 0 Å². The summed E-state index contributed by atoms with van der Waals surface area (Å²) in [4.78, 5) is 12.3. The lowest BCUT2D eigenvalue weighted by molar-refractivity contribution is -0.121. The summed E-state index contributed by atoms with van der Waals surface area (Å²) < 4.78 is 0.786. The molecule has 0 aliphatic rings. The van der Waals surface area contributed by atoms with Crippen LogP contribution in [-0.2, 0) is 4.79 Å². The summed E-state index contributed by atoms with van der Waals surface area (Å²) in [5.74, 6) is -0.524. The number of amides is 1. The number of nitrogens with two attached hydrogens (primary N) is 1. The quantitative estimate of drug-likeness (QED) is 0.338. The molecule has 1 atom stereocenters. The standard InChI is InChI=1S/C12H15BrClN3O2/c1-3-12(2,10(15)17-19)11(18)16-9-6-7(13)4-5-8(9)14/h4-6,19H,3H2,1-2H3,(H2,15,17)(H,16,18). The third-order valence-electron chi connectivity index (χ3n) is 3.06. The number of carbonyl (C=O) groups excluding carboxylic acids is 1. The summed E-state index contributed by atoms with van der Waals surface area (Å²) in [5, 5.41) is 14.8. The first-order chi connectivity index (χ1) is 8.85. The fraction of sp³-hybridized carbons (Fsp3) is 0.333. The van der Waals surface area contributed by atoms with E-state index in [9.17, 15) is 4.79 Å². The van der Waals surface area contributed by atoms with Crippen molar-refractivity contribution in [1.82, 2.24) is 0 Å². The molecule has 4 N–H and O–H groups in total. The first-order valence-electron chi connectivity index (χ1n) is 5.59. The van der Waals surface area contributed by atoms with E-state index in [4.69, 9.17) is 22.5 Å². The topological polar surface area (TPSA) is 87.7 Å². The zero-order chi connectivity index (χ0) is 14.6. The number of hydrogen-bond acceptors (Lipinski definition) is 3. The number of nitrogens with one attached hydrogen (secondary N) is 1. The molecule has 1 amide bonds. The molecule has 0 saturated heterocycles. The van der Waals surface area contributed by atoms with Gasteiger partial charge in [0.05, 0.1) is 10.7 Å². The lowest BCUT2D eigenvalue weighted by atomic mass is 9.85. The SMILES string of the molecule is CCC(C)(C(=O)Nc1cc(Br)ccc1Cl)/C(N)=N/O. The third-order valence-corrected chi connectivity index (χ3v) is 3.88. The van der Waals surface area contributed by atoms with Gasteiger partial charge in [-0.05, 0) is 31.5 Å². The summed E-state index contributed by atoms with van der Waals surface area (Å²) >= 11 is 9.30.